The lowest BCUT2D eigenvalue weighted by molar-refractivity contribution is 0.0948. The molecule has 5 nitrogen and oxygen atoms in total. The predicted octanol–water partition coefficient (Wildman–Crippen LogP) is 4.71. The molecule has 0 aromatic carbocycles. The lowest BCUT2D eigenvalue weighted by Crippen LogP contribution is -2.26. The molecule has 0 saturated carbocycles. The molecule has 1 heterocycles. The molecule has 0 radical (unpaired) electrons. The Bertz CT molecular complexity index is 708. The molecule has 146 valence electrons. The molecular weight excluding hydrogens is 336 g/mol. The van der Waals surface area contributed by atoms with E-state index in [4.69, 9.17) is 0 Å². The molecular formula is C22H32N4O. The van der Waals surface area contributed by atoms with Gasteiger partial charge in [-0.25, -0.2) is 9.97 Å². The van der Waals surface area contributed by atoms with Gasteiger partial charge in [-0.05, 0) is 71.1 Å². The van der Waals surface area contributed by atoms with Gasteiger partial charge in [-0.1, -0.05) is 23.3 Å². The van der Waals surface area contributed by atoms with E-state index < -0.39 is 0 Å². The minimum atomic E-state index is -0.116. The Morgan fingerprint density at radius 3 is 2.26 bits per heavy atom. The third kappa shape index (κ3) is 6.49. The number of nitrogens with zero attached hydrogens (tertiary/aromatic N) is 2. The molecule has 1 aromatic heterocycles. The first-order chi connectivity index (χ1) is 13.2. The monoisotopic (exact) mass is 368 g/mol. The second-order valence-corrected chi connectivity index (χ2v) is 7.58. The van der Waals surface area contributed by atoms with Crippen molar-refractivity contribution in [3.8, 4) is 0 Å². The SMILES string of the molecule is Cc1nc(NCCC2=CCCCC2)cc(C(=O)NCCC2=CCCCC2)n1. The fourth-order valence-electron chi connectivity index (χ4n) is 3.82. The van der Waals surface area contributed by atoms with Gasteiger partial charge in [-0.3, -0.25) is 4.79 Å². The summed E-state index contributed by atoms with van der Waals surface area (Å²) in [5.74, 6) is 1.24. The lowest BCUT2D eigenvalue weighted by atomic mass is 9.97. The van der Waals surface area contributed by atoms with Crippen molar-refractivity contribution in [3.63, 3.8) is 0 Å². The third-order valence-electron chi connectivity index (χ3n) is 5.32. The quantitative estimate of drug-likeness (QED) is 0.652. The lowest BCUT2D eigenvalue weighted by Gasteiger charge is -2.14. The Kier molecular flexibility index (Phi) is 7.43. The molecule has 2 aliphatic carbocycles. The van der Waals surface area contributed by atoms with Crippen LogP contribution in [0, 0.1) is 6.92 Å². The highest BCUT2D eigenvalue weighted by Gasteiger charge is 2.11. The molecule has 5 heteroatoms. The van der Waals surface area contributed by atoms with Gasteiger partial charge in [0.15, 0.2) is 0 Å². The van der Waals surface area contributed by atoms with Crippen LogP contribution in [-0.2, 0) is 0 Å². The number of hydrogen-bond donors (Lipinski definition) is 2. The minimum Gasteiger partial charge on any atom is -0.370 e. The zero-order valence-electron chi connectivity index (χ0n) is 16.5. The highest BCUT2D eigenvalue weighted by molar-refractivity contribution is 5.92. The number of allylic oxidation sites excluding steroid dienone is 2. The number of carbonyl (C=O) groups is 1. The van der Waals surface area contributed by atoms with Gasteiger partial charge in [-0.2, -0.15) is 0 Å². The molecule has 0 spiro atoms. The first kappa shape index (κ1) is 19.6. The van der Waals surface area contributed by atoms with Crippen molar-refractivity contribution in [1.82, 2.24) is 15.3 Å². The van der Waals surface area contributed by atoms with E-state index >= 15 is 0 Å². The van der Waals surface area contributed by atoms with Crippen LogP contribution in [0.5, 0.6) is 0 Å². The summed E-state index contributed by atoms with van der Waals surface area (Å²) in [6.45, 7) is 3.35. The van der Waals surface area contributed by atoms with Crippen LogP contribution in [0.1, 0.15) is 80.5 Å². The Morgan fingerprint density at radius 1 is 0.963 bits per heavy atom. The number of aryl methyl sites for hydroxylation is 1. The van der Waals surface area contributed by atoms with Crippen LogP contribution in [0.15, 0.2) is 29.4 Å². The molecule has 1 aromatic rings. The van der Waals surface area contributed by atoms with E-state index in [0.717, 1.165) is 25.2 Å². The summed E-state index contributed by atoms with van der Waals surface area (Å²) in [4.78, 5) is 21.2. The summed E-state index contributed by atoms with van der Waals surface area (Å²) in [5.41, 5.74) is 3.45. The average molecular weight is 369 g/mol. The number of carbonyl (C=O) groups excluding carboxylic acids is 1. The van der Waals surface area contributed by atoms with Crippen molar-refractivity contribution in [2.75, 3.05) is 18.4 Å². The predicted molar refractivity (Wildman–Crippen MR) is 110 cm³/mol. The third-order valence-corrected chi connectivity index (χ3v) is 5.32. The number of aromatic nitrogens is 2. The van der Waals surface area contributed by atoms with Crippen molar-refractivity contribution in [1.29, 1.82) is 0 Å². The van der Waals surface area contributed by atoms with Crippen molar-refractivity contribution < 1.29 is 4.79 Å². The van der Waals surface area contributed by atoms with E-state index in [1.54, 1.807) is 6.07 Å². The molecule has 2 aliphatic rings. The molecule has 0 atom stereocenters. The van der Waals surface area contributed by atoms with Crippen LogP contribution in [0.2, 0.25) is 0 Å². The van der Waals surface area contributed by atoms with Gasteiger partial charge in [0.05, 0.1) is 0 Å². The van der Waals surface area contributed by atoms with E-state index in [1.807, 2.05) is 6.92 Å². The van der Waals surface area contributed by atoms with Crippen LogP contribution in [0.25, 0.3) is 0 Å². The summed E-state index contributed by atoms with van der Waals surface area (Å²) in [6.07, 6.45) is 16.7. The first-order valence-electron chi connectivity index (χ1n) is 10.4. The van der Waals surface area contributed by atoms with Crippen LogP contribution in [0.3, 0.4) is 0 Å². The fraction of sp³-hybridized carbons (Fsp3) is 0.591. The van der Waals surface area contributed by atoms with E-state index in [0.29, 0.717) is 18.1 Å². The molecule has 0 saturated heterocycles. The van der Waals surface area contributed by atoms with Crippen LogP contribution >= 0.6 is 0 Å². The van der Waals surface area contributed by atoms with Gasteiger partial charge in [0.1, 0.15) is 17.3 Å². The number of rotatable bonds is 8. The van der Waals surface area contributed by atoms with Crippen molar-refractivity contribution in [2.24, 2.45) is 0 Å². The Hall–Kier alpha value is -2.17. The van der Waals surface area contributed by atoms with Crippen molar-refractivity contribution in [2.45, 2.75) is 71.1 Å². The summed E-state index contributed by atoms with van der Waals surface area (Å²) in [6, 6.07) is 1.76. The van der Waals surface area contributed by atoms with Crippen LogP contribution in [-0.4, -0.2) is 29.0 Å². The zero-order valence-corrected chi connectivity index (χ0v) is 16.5. The van der Waals surface area contributed by atoms with Crippen LogP contribution < -0.4 is 10.6 Å². The van der Waals surface area contributed by atoms with Crippen molar-refractivity contribution in [3.05, 3.63) is 40.9 Å². The smallest absolute Gasteiger partial charge is 0.270 e. The summed E-state index contributed by atoms with van der Waals surface area (Å²) in [5, 5.41) is 6.36. The highest BCUT2D eigenvalue weighted by Crippen LogP contribution is 2.20. The van der Waals surface area contributed by atoms with Gasteiger partial charge in [0.25, 0.3) is 5.91 Å². The van der Waals surface area contributed by atoms with Gasteiger partial charge in [0.2, 0.25) is 0 Å². The average Bonchev–Trinajstić information content (AvgIpc) is 2.69. The summed E-state index contributed by atoms with van der Waals surface area (Å²) < 4.78 is 0. The first-order valence-corrected chi connectivity index (χ1v) is 10.4. The number of amides is 1. The van der Waals surface area contributed by atoms with Crippen LogP contribution in [0.4, 0.5) is 5.82 Å². The molecule has 0 fully saturated rings. The Morgan fingerprint density at radius 2 is 1.63 bits per heavy atom. The standard InChI is InChI=1S/C22H32N4O/c1-17-25-20(22(27)24-15-13-19-10-6-3-7-11-19)16-21(26-17)23-14-12-18-8-4-2-5-9-18/h8,10,16H,2-7,9,11-15H2,1H3,(H,24,27)(H,23,25,26). The molecule has 1 amide bonds. The molecule has 0 unspecified atom stereocenters. The van der Waals surface area contributed by atoms with E-state index in [2.05, 4.69) is 32.8 Å². The topological polar surface area (TPSA) is 66.9 Å². The van der Waals surface area contributed by atoms with E-state index in [1.165, 1.54) is 62.5 Å². The van der Waals surface area contributed by atoms with Gasteiger partial charge >= 0.3 is 0 Å². The molecule has 2 N–H and O–H groups in total. The van der Waals surface area contributed by atoms with Crippen molar-refractivity contribution >= 4 is 11.7 Å². The van der Waals surface area contributed by atoms with Gasteiger partial charge in [-0.15, -0.1) is 0 Å². The maximum atomic E-state index is 12.5. The maximum Gasteiger partial charge on any atom is 0.270 e. The normalized spacial score (nSPS) is 17.1. The maximum absolute atomic E-state index is 12.5. The fourth-order valence-corrected chi connectivity index (χ4v) is 3.82. The Balaban J connectivity index is 1.48. The van der Waals surface area contributed by atoms with Gasteiger partial charge < -0.3 is 10.6 Å². The molecule has 27 heavy (non-hydrogen) atoms. The second kappa shape index (κ2) is 10.2. The zero-order chi connectivity index (χ0) is 18.9. The Labute approximate surface area is 162 Å². The van der Waals surface area contributed by atoms with Gasteiger partial charge in [0, 0.05) is 19.2 Å². The molecule has 0 bridgehead atoms. The number of hydrogen-bond acceptors (Lipinski definition) is 4. The van der Waals surface area contributed by atoms with E-state index in [-0.39, 0.29) is 5.91 Å². The van der Waals surface area contributed by atoms with E-state index in [9.17, 15) is 4.79 Å². The summed E-state index contributed by atoms with van der Waals surface area (Å²) in [7, 11) is 0. The number of nitrogens with one attached hydrogen (secondary N) is 2. The largest absolute Gasteiger partial charge is 0.370 e. The number of anilines is 1. The summed E-state index contributed by atoms with van der Waals surface area (Å²) >= 11 is 0. The minimum absolute atomic E-state index is 0.116. The highest BCUT2D eigenvalue weighted by atomic mass is 16.1. The molecule has 0 aliphatic heterocycles. The molecule has 3 rings (SSSR count). The second-order valence-electron chi connectivity index (χ2n) is 7.58.